The highest BCUT2D eigenvalue weighted by molar-refractivity contribution is 7.98. The van der Waals surface area contributed by atoms with E-state index in [1.165, 1.54) is 30.8 Å². The van der Waals surface area contributed by atoms with Gasteiger partial charge in [-0.2, -0.15) is 0 Å². The molecule has 0 atom stereocenters. The molecule has 5 nitrogen and oxygen atoms in total. The first-order chi connectivity index (χ1) is 7.04. The van der Waals surface area contributed by atoms with Crippen molar-refractivity contribution in [3.8, 4) is 0 Å². The molecule has 6 heteroatoms. The molecule has 0 aliphatic rings. The molecule has 0 aliphatic carbocycles. The summed E-state index contributed by atoms with van der Waals surface area (Å²) in [4.78, 5) is 21.5. The molecule has 0 fully saturated rings. The summed E-state index contributed by atoms with van der Waals surface area (Å²) >= 11 is 1.27. The molecule has 1 amide bonds. The third kappa shape index (κ3) is 2.95. The Labute approximate surface area is 91.0 Å². The molecule has 80 valence electrons. The first-order valence-corrected chi connectivity index (χ1v) is 5.37. The van der Waals surface area contributed by atoms with Crippen molar-refractivity contribution < 1.29 is 9.72 Å². The van der Waals surface area contributed by atoms with Gasteiger partial charge in [0, 0.05) is 18.7 Å². The summed E-state index contributed by atoms with van der Waals surface area (Å²) in [6, 6.07) is 4.49. The van der Waals surface area contributed by atoms with Crippen LogP contribution in [0.15, 0.2) is 23.1 Å². The number of nitro benzene ring substituents is 1. The number of amides is 1. The Balaban J connectivity index is 3.07. The molecule has 1 aromatic rings. The first-order valence-electron chi connectivity index (χ1n) is 4.14. The molecule has 0 spiro atoms. The molecule has 0 saturated carbocycles. The van der Waals surface area contributed by atoms with E-state index in [4.69, 9.17) is 0 Å². The van der Waals surface area contributed by atoms with Crippen molar-refractivity contribution in [1.82, 2.24) is 0 Å². The van der Waals surface area contributed by atoms with Crippen LogP contribution in [0.5, 0.6) is 0 Å². The second kappa shape index (κ2) is 4.79. The van der Waals surface area contributed by atoms with E-state index in [0.717, 1.165) is 0 Å². The van der Waals surface area contributed by atoms with Crippen molar-refractivity contribution in [3.63, 3.8) is 0 Å². The number of hydrogen-bond acceptors (Lipinski definition) is 4. The topological polar surface area (TPSA) is 72.2 Å². The van der Waals surface area contributed by atoms with Crippen LogP contribution in [0.2, 0.25) is 0 Å². The lowest BCUT2D eigenvalue weighted by atomic mass is 10.3. The smallest absolute Gasteiger partial charge is 0.283 e. The number of anilines is 1. The van der Waals surface area contributed by atoms with Gasteiger partial charge >= 0.3 is 0 Å². The van der Waals surface area contributed by atoms with Gasteiger partial charge in [-0.1, -0.05) is 0 Å². The molecular weight excluding hydrogens is 216 g/mol. The second-order valence-electron chi connectivity index (χ2n) is 2.82. The molecule has 0 aromatic heterocycles. The quantitative estimate of drug-likeness (QED) is 0.487. The molecule has 0 saturated heterocycles. The summed E-state index contributed by atoms with van der Waals surface area (Å²) in [7, 11) is 0. The number of nitro groups is 1. The fourth-order valence-corrected chi connectivity index (χ4v) is 1.71. The molecular formula is C9H10N2O3S. The Kier molecular flexibility index (Phi) is 3.68. The number of nitrogens with zero attached hydrogens (tertiary/aromatic N) is 1. The zero-order valence-electron chi connectivity index (χ0n) is 8.31. The summed E-state index contributed by atoms with van der Waals surface area (Å²) in [6.07, 6.45) is 1.75. The van der Waals surface area contributed by atoms with Gasteiger partial charge in [0.05, 0.1) is 9.82 Å². The van der Waals surface area contributed by atoms with Crippen LogP contribution >= 0.6 is 11.8 Å². The van der Waals surface area contributed by atoms with E-state index in [2.05, 4.69) is 5.32 Å². The van der Waals surface area contributed by atoms with Gasteiger partial charge in [0.15, 0.2) is 0 Å². The van der Waals surface area contributed by atoms with E-state index in [-0.39, 0.29) is 11.6 Å². The lowest BCUT2D eigenvalue weighted by molar-refractivity contribution is -0.387. The van der Waals surface area contributed by atoms with Gasteiger partial charge in [0.1, 0.15) is 0 Å². The second-order valence-corrected chi connectivity index (χ2v) is 3.67. The standard InChI is InChI=1S/C9H10N2O3S/c1-6(12)10-7-3-4-8(11(13)14)9(5-7)15-2/h3-5H,1-2H3,(H,10,12). The largest absolute Gasteiger partial charge is 0.326 e. The third-order valence-corrected chi connectivity index (χ3v) is 2.46. The van der Waals surface area contributed by atoms with E-state index in [1.807, 2.05) is 0 Å². The van der Waals surface area contributed by atoms with Crippen molar-refractivity contribution >= 4 is 29.0 Å². The Morgan fingerprint density at radius 3 is 2.67 bits per heavy atom. The molecule has 0 aliphatic heterocycles. The predicted molar refractivity (Wildman–Crippen MR) is 59.2 cm³/mol. The van der Waals surface area contributed by atoms with Crippen LogP contribution in [0.1, 0.15) is 6.92 Å². The predicted octanol–water partition coefficient (Wildman–Crippen LogP) is 2.28. The fraction of sp³-hybridized carbons (Fsp3) is 0.222. The van der Waals surface area contributed by atoms with E-state index in [1.54, 1.807) is 12.3 Å². The number of thioether (sulfide) groups is 1. The monoisotopic (exact) mass is 226 g/mol. The lowest BCUT2D eigenvalue weighted by Gasteiger charge is -2.04. The van der Waals surface area contributed by atoms with E-state index < -0.39 is 4.92 Å². The molecule has 0 unspecified atom stereocenters. The van der Waals surface area contributed by atoms with Crippen molar-refractivity contribution in [2.24, 2.45) is 0 Å². The molecule has 1 rings (SSSR count). The highest BCUT2D eigenvalue weighted by Gasteiger charge is 2.13. The molecule has 0 heterocycles. The van der Waals surface area contributed by atoms with Gasteiger partial charge in [0.25, 0.3) is 5.69 Å². The molecule has 0 bridgehead atoms. The molecule has 1 N–H and O–H groups in total. The maximum absolute atomic E-state index is 10.8. The maximum atomic E-state index is 10.8. The zero-order valence-corrected chi connectivity index (χ0v) is 9.13. The Morgan fingerprint density at radius 1 is 1.53 bits per heavy atom. The number of carbonyl (C=O) groups is 1. The summed E-state index contributed by atoms with van der Waals surface area (Å²) in [5.41, 5.74) is 0.619. The minimum atomic E-state index is -0.441. The van der Waals surface area contributed by atoms with E-state index in [9.17, 15) is 14.9 Å². The van der Waals surface area contributed by atoms with Gasteiger partial charge in [-0.3, -0.25) is 14.9 Å². The van der Waals surface area contributed by atoms with Gasteiger partial charge in [-0.25, -0.2) is 0 Å². The summed E-state index contributed by atoms with van der Waals surface area (Å²) < 4.78 is 0. The number of nitrogens with one attached hydrogen (secondary N) is 1. The number of benzene rings is 1. The fourth-order valence-electron chi connectivity index (χ4n) is 1.11. The minimum Gasteiger partial charge on any atom is -0.326 e. The average molecular weight is 226 g/mol. The number of rotatable bonds is 3. The summed E-state index contributed by atoms with van der Waals surface area (Å²) in [6.45, 7) is 1.39. The average Bonchev–Trinajstić information content (AvgIpc) is 2.16. The Hall–Kier alpha value is -1.56. The Bertz CT molecular complexity index is 406. The van der Waals surface area contributed by atoms with Crippen LogP contribution in [-0.2, 0) is 4.79 Å². The minimum absolute atomic E-state index is 0.0524. The van der Waals surface area contributed by atoms with Crippen LogP contribution in [-0.4, -0.2) is 17.1 Å². The van der Waals surface area contributed by atoms with Crippen LogP contribution in [0, 0.1) is 10.1 Å². The normalized spacial score (nSPS) is 9.73. The molecule has 0 radical (unpaired) electrons. The van der Waals surface area contributed by atoms with E-state index >= 15 is 0 Å². The van der Waals surface area contributed by atoms with Gasteiger partial charge in [-0.05, 0) is 18.4 Å². The SMILES string of the molecule is CSc1cc(NC(C)=O)ccc1[N+](=O)[O-]. The third-order valence-electron chi connectivity index (χ3n) is 1.70. The lowest BCUT2D eigenvalue weighted by Crippen LogP contribution is -2.05. The van der Waals surface area contributed by atoms with Crippen LogP contribution in [0.4, 0.5) is 11.4 Å². The summed E-state index contributed by atoms with van der Waals surface area (Å²) in [5, 5.41) is 13.2. The zero-order chi connectivity index (χ0) is 11.4. The summed E-state index contributed by atoms with van der Waals surface area (Å²) in [5.74, 6) is -0.198. The molecule has 1 aromatic carbocycles. The Morgan fingerprint density at radius 2 is 2.20 bits per heavy atom. The van der Waals surface area contributed by atoms with Crippen LogP contribution in [0.3, 0.4) is 0 Å². The highest BCUT2D eigenvalue weighted by atomic mass is 32.2. The van der Waals surface area contributed by atoms with Crippen molar-refractivity contribution in [1.29, 1.82) is 0 Å². The molecule has 15 heavy (non-hydrogen) atoms. The highest BCUT2D eigenvalue weighted by Crippen LogP contribution is 2.29. The number of carbonyl (C=O) groups excluding carboxylic acids is 1. The van der Waals surface area contributed by atoms with Gasteiger partial charge in [-0.15, -0.1) is 11.8 Å². The van der Waals surface area contributed by atoms with Crippen molar-refractivity contribution in [2.75, 3.05) is 11.6 Å². The number of hydrogen-bond donors (Lipinski definition) is 1. The maximum Gasteiger partial charge on any atom is 0.283 e. The van der Waals surface area contributed by atoms with Gasteiger partial charge < -0.3 is 5.32 Å². The van der Waals surface area contributed by atoms with Crippen molar-refractivity contribution in [3.05, 3.63) is 28.3 Å². The van der Waals surface area contributed by atoms with E-state index in [0.29, 0.717) is 10.6 Å². The first kappa shape index (κ1) is 11.5. The van der Waals surface area contributed by atoms with Gasteiger partial charge in [0.2, 0.25) is 5.91 Å². The van der Waals surface area contributed by atoms with Crippen LogP contribution in [0.25, 0.3) is 0 Å². The van der Waals surface area contributed by atoms with Crippen molar-refractivity contribution in [2.45, 2.75) is 11.8 Å². The van der Waals surface area contributed by atoms with Crippen LogP contribution < -0.4 is 5.32 Å².